The van der Waals surface area contributed by atoms with Crippen LogP contribution in [0, 0.1) is 11.3 Å². The maximum Gasteiger partial charge on any atom is 0.243 e. The van der Waals surface area contributed by atoms with E-state index in [4.69, 9.17) is 10.5 Å². The van der Waals surface area contributed by atoms with Crippen LogP contribution in [0.4, 0.5) is 0 Å². The molecule has 114 valence electrons. The van der Waals surface area contributed by atoms with E-state index in [0.29, 0.717) is 6.61 Å². The number of rotatable bonds is 3. The molecular formula is C14H25N3O3. The van der Waals surface area contributed by atoms with Crippen LogP contribution in [-0.2, 0) is 14.3 Å². The summed E-state index contributed by atoms with van der Waals surface area (Å²) < 4.78 is 5.69. The number of ether oxygens (including phenoxy) is 1. The van der Waals surface area contributed by atoms with Gasteiger partial charge in [0.25, 0.3) is 0 Å². The molecule has 20 heavy (non-hydrogen) atoms. The Morgan fingerprint density at radius 2 is 1.90 bits per heavy atom. The Morgan fingerprint density at radius 1 is 1.30 bits per heavy atom. The molecule has 1 aliphatic heterocycles. The molecule has 0 aromatic rings. The predicted octanol–water partition coefficient (Wildman–Crippen LogP) is -0.325. The summed E-state index contributed by atoms with van der Waals surface area (Å²) in [6, 6.07) is 0. The highest BCUT2D eigenvalue weighted by Gasteiger charge is 2.71. The van der Waals surface area contributed by atoms with Crippen LogP contribution in [0.5, 0.6) is 0 Å². The molecule has 0 bridgehead atoms. The number of hydrogen-bond acceptors (Lipinski definition) is 4. The summed E-state index contributed by atoms with van der Waals surface area (Å²) in [6.45, 7) is 4.66. The molecule has 3 atom stereocenters. The zero-order chi connectivity index (χ0) is 15.3. The molecule has 2 N–H and O–H groups in total. The Labute approximate surface area is 120 Å². The van der Waals surface area contributed by atoms with Crippen molar-refractivity contribution in [3.05, 3.63) is 0 Å². The molecule has 1 saturated heterocycles. The molecule has 2 amide bonds. The van der Waals surface area contributed by atoms with Gasteiger partial charge in [0.1, 0.15) is 5.54 Å². The minimum absolute atomic E-state index is 0.0504. The third kappa shape index (κ3) is 1.85. The molecule has 6 nitrogen and oxygen atoms in total. The van der Waals surface area contributed by atoms with Crippen molar-refractivity contribution in [2.45, 2.75) is 31.9 Å². The molecule has 3 unspecified atom stereocenters. The van der Waals surface area contributed by atoms with Gasteiger partial charge in [0.2, 0.25) is 11.8 Å². The van der Waals surface area contributed by atoms with Crippen LogP contribution in [0.25, 0.3) is 0 Å². The van der Waals surface area contributed by atoms with E-state index in [-0.39, 0.29) is 30.4 Å². The van der Waals surface area contributed by atoms with Gasteiger partial charge in [-0.2, -0.15) is 0 Å². The number of hydrogen-bond donors (Lipinski definition) is 1. The van der Waals surface area contributed by atoms with E-state index in [9.17, 15) is 9.59 Å². The highest BCUT2D eigenvalue weighted by atomic mass is 16.5. The molecule has 0 aromatic carbocycles. The molecular weight excluding hydrogens is 258 g/mol. The summed E-state index contributed by atoms with van der Waals surface area (Å²) in [4.78, 5) is 27.4. The lowest BCUT2D eigenvalue weighted by atomic mass is 9.47. The first-order valence-electron chi connectivity index (χ1n) is 7.00. The third-order valence-electron chi connectivity index (χ3n) is 5.03. The van der Waals surface area contributed by atoms with Gasteiger partial charge in [0, 0.05) is 39.1 Å². The maximum atomic E-state index is 12.7. The van der Waals surface area contributed by atoms with Crippen LogP contribution >= 0.6 is 0 Å². The molecule has 6 heteroatoms. The molecule has 1 heterocycles. The lowest BCUT2D eigenvalue weighted by Crippen LogP contribution is -2.80. The summed E-state index contributed by atoms with van der Waals surface area (Å²) >= 11 is 0. The fourth-order valence-corrected chi connectivity index (χ4v) is 3.55. The quantitative estimate of drug-likeness (QED) is 0.770. The third-order valence-corrected chi connectivity index (χ3v) is 5.03. The smallest absolute Gasteiger partial charge is 0.243 e. The standard InChI is InChI=1S/C14H25N3O3/c1-13(2)11-9(6-7-20-11)14(13,15)12(19)17(5)8-10(18)16(3)4/h9,11H,6-8,15H2,1-5H3. The first-order chi connectivity index (χ1) is 9.14. The molecule has 2 aliphatic rings. The molecule has 1 aliphatic carbocycles. The van der Waals surface area contributed by atoms with Crippen molar-refractivity contribution in [3.8, 4) is 0 Å². The van der Waals surface area contributed by atoms with Crippen molar-refractivity contribution in [2.24, 2.45) is 17.1 Å². The van der Waals surface area contributed by atoms with E-state index in [0.717, 1.165) is 6.42 Å². The molecule has 0 spiro atoms. The summed E-state index contributed by atoms with van der Waals surface area (Å²) in [6.07, 6.45) is 0.862. The van der Waals surface area contributed by atoms with Crippen molar-refractivity contribution in [2.75, 3.05) is 34.3 Å². The van der Waals surface area contributed by atoms with Crippen molar-refractivity contribution < 1.29 is 14.3 Å². The van der Waals surface area contributed by atoms with Crippen LogP contribution in [-0.4, -0.2) is 67.6 Å². The fraction of sp³-hybridized carbons (Fsp3) is 0.857. The molecule has 0 aromatic heterocycles. The number of likely N-dealkylation sites (N-methyl/N-ethyl adjacent to an activating group) is 2. The zero-order valence-electron chi connectivity index (χ0n) is 13.0. The highest BCUT2D eigenvalue weighted by molar-refractivity contribution is 5.92. The summed E-state index contributed by atoms with van der Waals surface area (Å²) in [5.41, 5.74) is 5.13. The van der Waals surface area contributed by atoms with Crippen LogP contribution in [0.3, 0.4) is 0 Å². The number of nitrogens with zero attached hydrogens (tertiary/aromatic N) is 2. The Hall–Kier alpha value is -1.14. The highest BCUT2D eigenvalue weighted by Crippen LogP contribution is 2.58. The molecule has 1 saturated carbocycles. The van der Waals surface area contributed by atoms with E-state index in [1.165, 1.54) is 9.80 Å². The van der Waals surface area contributed by atoms with Gasteiger partial charge in [-0.3, -0.25) is 9.59 Å². The SMILES string of the molecule is CN(C)C(=O)CN(C)C(=O)C1(N)C2CCOC2C1(C)C. The second-order valence-corrected chi connectivity index (χ2v) is 6.73. The summed E-state index contributed by atoms with van der Waals surface area (Å²) in [7, 11) is 4.98. The maximum absolute atomic E-state index is 12.7. The van der Waals surface area contributed by atoms with E-state index in [1.54, 1.807) is 21.1 Å². The average molecular weight is 283 g/mol. The Kier molecular flexibility index (Phi) is 3.59. The van der Waals surface area contributed by atoms with E-state index >= 15 is 0 Å². The van der Waals surface area contributed by atoms with Crippen LogP contribution in [0.2, 0.25) is 0 Å². The monoisotopic (exact) mass is 283 g/mol. The van der Waals surface area contributed by atoms with Crippen LogP contribution in [0.15, 0.2) is 0 Å². The Bertz CT molecular complexity index is 435. The van der Waals surface area contributed by atoms with Gasteiger partial charge in [-0.15, -0.1) is 0 Å². The first kappa shape index (κ1) is 15.3. The Morgan fingerprint density at radius 3 is 2.45 bits per heavy atom. The number of carbonyl (C=O) groups is 2. The number of nitrogens with two attached hydrogens (primary N) is 1. The largest absolute Gasteiger partial charge is 0.377 e. The lowest BCUT2D eigenvalue weighted by Gasteiger charge is -2.61. The van der Waals surface area contributed by atoms with Crippen molar-refractivity contribution >= 4 is 11.8 Å². The van der Waals surface area contributed by atoms with Gasteiger partial charge < -0.3 is 20.3 Å². The van der Waals surface area contributed by atoms with E-state index < -0.39 is 11.0 Å². The summed E-state index contributed by atoms with van der Waals surface area (Å²) in [5.74, 6) is -0.216. The van der Waals surface area contributed by atoms with Gasteiger partial charge in [-0.1, -0.05) is 13.8 Å². The van der Waals surface area contributed by atoms with Gasteiger partial charge in [-0.25, -0.2) is 0 Å². The van der Waals surface area contributed by atoms with Crippen LogP contribution < -0.4 is 5.73 Å². The predicted molar refractivity (Wildman–Crippen MR) is 74.9 cm³/mol. The minimum atomic E-state index is -0.935. The van der Waals surface area contributed by atoms with Crippen molar-refractivity contribution in [3.63, 3.8) is 0 Å². The number of amides is 2. The van der Waals surface area contributed by atoms with E-state index in [2.05, 4.69) is 0 Å². The van der Waals surface area contributed by atoms with Gasteiger partial charge in [-0.05, 0) is 6.42 Å². The Balaban J connectivity index is 2.14. The normalized spacial score (nSPS) is 34.1. The fourth-order valence-electron chi connectivity index (χ4n) is 3.55. The average Bonchev–Trinajstić information content (AvgIpc) is 2.84. The van der Waals surface area contributed by atoms with Gasteiger partial charge in [0.15, 0.2) is 0 Å². The topological polar surface area (TPSA) is 75.9 Å². The van der Waals surface area contributed by atoms with Gasteiger partial charge in [0.05, 0.1) is 12.6 Å². The van der Waals surface area contributed by atoms with Crippen molar-refractivity contribution in [1.29, 1.82) is 0 Å². The lowest BCUT2D eigenvalue weighted by molar-refractivity contribution is -0.183. The minimum Gasteiger partial charge on any atom is -0.377 e. The second kappa shape index (κ2) is 4.70. The second-order valence-electron chi connectivity index (χ2n) is 6.73. The number of carbonyl (C=O) groups excluding carboxylic acids is 2. The zero-order valence-corrected chi connectivity index (χ0v) is 13.0. The van der Waals surface area contributed by atoms with E-state index in [1.807, 2.05) is 13.8 Å². The molecule has 2 rings (SSSR count). The number of fused-ring (bicyclic) bond motifs is 1. The van der Waals surface area contributed by atoms with Crippen molar-refractivity contribution in [1.82, 2.24) is 9.80 Å². The summed E-state index contributed by atoms with van der Waals surface area (Å²) in [5, 5.41) is 0. The molecule has 2 fully saturated rings. The molecule has 0 radical (unpaired) electrons. The van der Waals surface area contributed by atoms with Gasteiger partial charge >= 0.3 is 0 Å². The van der Waals surface area contributed by atoms with Crippen LogP contribution in [0.1, 0.15) is 20.3 Å². The first-order valence-corrected chi connectivity index (χ1v) is 7.00.